The van der Waals surface area contributed by atoms with Gasteiger partial charge in [0.05, 0.1) is 5.56 Å². The van der Waals surface area contributed by atoms with Gasteiger partial charge in [0, 0.05) is 35.1 Å². The standard InChI is InChI=1S/C21H24N4O4S/c1-5-25-12(2)18(21-22-20(23-29-21)15-9-10-15)19(13(25)3)30(27,28)24-17-8-6-7-16(11-17)14(4)26/h6-8,11,15,24H,5,9-10H2,1-4H3. The molecule has 1 aromatic carbocycles. The van der Waals surface area contributed by atoms with Crippen molar-refractivity contribution in [3.05, 3.63) is 47.0 Å². The van der Waals surface area contributed by atoms with E-state index < -0.39 is 10.0 Å². The van der Waals surface area contributed by atoms with Crippen LogP contribution in [0.15, 0.2) is 33.7 Å². The predicted octanol–water partition coefficient (Wildman–Crippen LogP) is 4.06. The Bertz CT molecular complexity index is 1240. The van der Waals surface area contributed by atoms with Crippen molar-refractivity contribution >= 4 is 21.5 Å². The first-order valence-electron chi connectivity index (χ1n) is 9.90. The van der Waals surface area contributed by atoms with Gasteiger partial charge in [0.1, 0.15) is 4.90 Å². The van der Waals surface area contributed by atoms with Crippen LogP contribution in [0.25, 0.3) is 11.5 Å². The molecular weight excluding hydrogens is 404 g/mol. The molecule has 9 heteroatoms. The molecule has 0 bridgehead atoms. The van der Waals surface area contributed by atoms with Crippen LogP contribution in [-0.4, -0.2) is 28.9 Å². The number of nitrogens with one attached hydrogen (secondary N) is 1. The van der Waals surface area contributed by atoms with Crippen LogP contribution in [0.5, 0.6) is 0 Å². The van der Waals surface area contributed by atoms with Crippen LogP contribution in [-0.2, 0) is 16.6 Å². The van der Waals surface area contributed by atoms with E-state index in [1.807, 2.05) is 18.4 Å². The Balaban J connectivity index is 1.82. The number of carbonyl (C=O) groups excluding carboxylic acids is 1. The molecule has 1 fully saturated rings. The maximum atomic E-state index is 13.4. The van der Waals surface area contributed by atoms with Gasteiger partial charge in [0.15, 0.2) is 11.6 Å². The molecule has 1 aliphatic rings. The van der Waals surface area contributed by atoms with Gasteiger partial charge in [-0.3, -0.25) is 9.52 Å². The molecule has 0 amide bonds. The fourth-order valence-corrected chi connectivity index (χ4v) is 5.30. The number of Topliss-reactive ketones (excluding diaryl/α,β-unsaturated/α-hetero) is 1. The Morgan fingerprint density at radius 1 is 1.27 bits per heavy atom. The van der Waals surface area contributed by atoms with Crippen molar-refractivity contribution in [3.63, 3.8) is 0 Å². The summed E-state index contributed by atoms with van der Waals surface area (Å²) in [6, 6.07) is 6.42. The molecule has 0 radical (unpaired) electrons. The lowest BCUT2D eigenvalue weighted by Crippen LogP contribution is -2.15. The summed E-state index contributed by atoms with van der Waals surface area (Å²) < 4.78 is 36.9. The summed E-state index contributed by atoms with van der Waals surface area (Å²) in [5.41, 5.74) is 2.51. The number of nitrogens with zero attached hydrogens (tertiary/aromatic N) is 3. The van der Waals surface area contributed by atoms with Crippen molar-refractivity contribution in [2.45, 2.75) is 57.9 Å². The highest BCUT2D eigenvalue weighted by Crippen LogP contribution is 2.41. The van der Waals surface area contributed by atoms with Gasteiger partial charge in [-0.15, -0.1) is 0 Å². The summed E-state index contributed by atoms with van der Waals surface area (Å²) in [7, 11) is -3.98. The molecule has 0 atom stereocenters. The molecule has 3 aromatic rings. The number of hydrogen-bond donors (Lipinski definition) is 1. The van der Waals surface area contributed by atoms with Crippen LogP contribution in [0.4, 0.5) is 5.69 Å². The number of anilines is 1. The van der Waals surface area contributed by atoms with E-state index in [0.717, 1.165) is 18.5 Å². The number of benzene rings is 1. The van der Waals surface area contributed by atoms with E-state index in [4.69, 9.17) is 4.52 Å². The van der Waals surface area contributed by atoms with E-state index in [9.17, 15) is 13.2 Å². The van der Waals surface area contributed by atoms with Crippen molar-refractivity contribution < 1.29 is 17.7 Å². The summed E-state index contributed by atoms with van der Waals surface area (Å²) >= 11 is 0. The predicted molar refractivity (Wildman–Crippen MR) is 112 cm³/mol. The van der Waals surface area contributed by atoms with E-state index >= 15 is 0 Å². The summed E-state index contributed by atoms with van der Waals surface area (Å²) in [4.78, 5) is 16.3. The van der Waals surface area contributed by atoms with Crippen molar-refractivity contribution in [3.8, 4) is 11.5 Å². The second kappa shape index (κ2) is 7.39. The fraction of sp³-hybridized carbons (Fsp3) is 0.381. The van der Waals surface area contributed by atoms with E-state index in [-0.39, 0.29) is 16.6 Å². The quantitative estimate of drug-likeness (QED) is 0.569. The van der Waals surface area contributed by atoms with Gasteiger partial charge in [-0.05, 0) is 52.7 Å². The van der Waals surface area contributed by atoms with Crippen molar-refractivity contribution in [1.82, 2.24) is 14.7 Å². The van der Waals surface area contributed by atoms with Crippen LogP contribution >= 0.6 is 0 Å². The molecule has 158 valence electrons. The van der Waals surface area contributed by atoms with E-state index in [2.05, 4.69) is 14.9 Å². The lowest BCUT2D eigenvalue weighted by molar-refractivity contribution is 0.101. The van der Waals surface area contributed by atoms with E-state index in [0.29, 0.717) is 40.8 Å². The topological polar surface area (TPSA) is 107 Å². The Labute approximate surface area is 175 Å². The average Bonchev–Trinajstić information content (AvgIpc) is 3.36. The summed E-state index contributed by atoms with van der Waals surface area (Å²) in [5, 5.41) is 4.05. The molecule has 2 aromatic heterocycles. The number of ketones is 1. The minimum Gasteiger partial charge on any atom is -0.347 e. The average molecular weight is 429 g/mol. The van der Waals surface area contributed by atoms with Crippen molar-refractivity contribution in [2.75, 3.05) is 4.72 Å². The Morgan fingerprint density at radius 2 is 2.00 bits per heavy atom. The van der Waals surface area contributed by atoms with Crippen molar-refractivity contribution in [2.24, 2.45) is 0 Å². The third kappa shape index (κ3) is 3.54. The number of hydrogen-bond acceptors (Lipinski definition) is 6. The molecule has 1 N–H and O–H groups in total. The summed E-state index contributed by atoms with van der Waals surface area (Å²) in [6.07, 6.45) is 2.04. The molecule has 1 saturated carbocycles. The lowest BCUT2D eigenvalue weighted by Gasteiger charge is -2.10. The first-order valence-corrected chi connectivity index (χ1v) is 11.4. The van der Waals surface area contributed by atoms with Gasteiger partial charge >= 0.3 is 0 Å². The normalized spacial score (nSPS) is 14.1. The Kier molecular flexibility index (Phi) is 5.01. The summed E-state index contributed by atoms with van der Waals surface area (Å²) in [6.45, 7) is 7.60. The molecule has 0 spiro atoms. The highest BCUT2D eigenvalue weighted by Gasteiger charge is 2.34. The molecule has 4 rings (SSSR count). The van der Waals surface area contributed by atoms with Crippen molar-refractivity contribution in [1.29, 1.82) is 0 Å². The van der Waals surface area contributed by atoms with Crippen LogP contribution in [0, 0.1) is 13.8 Å². The Morgan fingerprint density at radius 3 is 2.63 bits per heavy atom. The zero-order valence-corrected chi connectivity index (χ0v) is 18.2. The summed E-state index contributed by atoms with van der Waals surface area (Å²) in [5.74, 6) is 0.989. The molecule has 0 aliphatic heterocycles. The smallest absolute Gasteiger partial charge is 0.264 e. The first kappa shape index (κ1) is 20.3. The number of rotatable bonds is 7. The van der Waals surface area contributed by atoms with E-state index in [1.165, 1.54) is 13.0 Å². The maximum Gasteiger partial charge on any atom is 0.264 e. The lowest BCUT2D eigenvalue weighted by atomic mass is 10.1. The van der Waals surface area contributed by atoms with Crippen LogP contribution in [0.1, 0.15) is 60.2 Å². The van der Waals surface area contributed by atoms with Gasteiger partial charge in [-0.25, -0.2) is 8.42 Å². The van der Waals surface area contributed by atoms with Crippen LogP contribution in [0.2, 0.25) is 0 Å². The minimum absolute atomic E-state index is 0.112. The third-order valence-corrected chi connectivity index (χ3v) is 6.97. The monoisotopic (exact) mass is 428 g/mol. The molecule has 0 saturated heterocycles. The van der Waals surface area contributed by atoms with Crippen LogP contribution in [0.3, 0.4) is 0 Å². The largest absolute Gasteiger partial charge is 0.347 e. The molecule has 1 aliphatic carbocycles. The highest BCUT2D eigenvalue weighted by molar-refractivity contribution is 7.93. The zero-order chi connectivity index (χ0) is 21.6. The number of sulfonamides is 1. The molecule has 30 heavy (non-hydrogen) atoms. The zero-order valence-electron chi connectivity index (χ0n) is 17.4. The van der Waals surface area contributed by atoms with E-state index in [1.54, 1.807) is 25.1 Å². The van der Waals surface area contributed by atoms with Gasteiger partial charge in [0.2, 0.25) is 0 Å². The molecular formula is C21H24N4O4S. The second-order valence-corrected chi connectivity index (χ2v) is 9.21. The number of carbonyl (C=O) groups is 1. The second-order valence-electron chi connectivity index (χ2n) is 7.59. The SMILES string of the molecule is CCn1c(C)c(-c2nc(C3CC3)no2)c(S(=O)(=O)Nc2cccc(C(C)=O)c2)c1C. The van der Waals surface area contributed by atoms with Gasteiger partial charge in [0.25, 0.3) is 15.9 Å². The Hall–Kier alpha value is -2.94. The maximum absolute atomic E-state index is 13.4. The molecule has 2 heterocycles. The highest BCUT2D eigenvalue weighted by atomic mass is 32.2. The van der Waals surface area contributed by atoms with Gasteiger partial charge in [-0.2, -0.15) is 4.98 Å². The fourth-order valence-electron chi connectivity index (χ4n) is 3.76. The third-order valence-electron chi connectivity index (χ3n) is 5.43. The first-order chi connectivity index (χ1) is 14.2. The molecule has 0 unspecified atom stereocenters. The van der Waals surface area contributed by atoms with Gasteiger partial charge in [-0.1, -0.05) is 17.3 Å². The van der Waals surface area contributed by atoms with Crippen LogP contribution < -0.4 is 4.72 Å². The minimum atomic E-state index is -3.98. The van der Waals surface area contributed by atoms with Gasteiger partial charge < -0.3 is 9.09 Å². The number of aromatic nitrogens is 3. The molecule has 8 nitrogen and oxygen atoms in total.